The minimum absolute atomic E-state index is 0.0989. The topological polar surface area (TPSA) is 101 Å². The number of rotatable bonds is 4. The third-order valence-corrected chi connectivity index (χ3v) is 4.51. The summed E-state index contributed by atoms with van der Waals surface area (Å²) in [6, 6.07) is 9.23. The number of nitro groups is 1. The zero-order chi connectivity index (χ0) is 18.8. The lowest BCUT2D eigenvalue weighted by atomic mass is 10.1. The fraction of sp³-hybridized carbons (Fsp3) is 0.0588. The van der Waals surface area contributed by atoms with Crippen LogP contribution < -0.4 is 0 Å². The van der Waals surface area contributed by atoms with Crippen molar-refractivity contribution in [2.45, 2.75) is 6.54 Å². The summed E-state index contributed by atoms with van der Waals surface area (Å²) in [6.45, 7) is -0.0989. The quantitative estimate of drug-likeness (QED) is 0.498. The van der Waals surface area contributed by atoms with Crippen LogP contribution in [0.1, 0.15) is 11.1 Å². The molecule has 0 atom stereocenters. The number of imide groups is 1. The van der Waals surface area contributed by atoms with Crippen molar-refractivity contribution in [2.24, 2.45) is 0 Å². The summed E-state index contributed by atoms with van der Waals surface area (Å²) in [6.07, 6.45) is 1.37. The molecule has 0 aromatic heterocycles. The number of non-ortho nitro benzene ring substituents is 1. The van der Waals surface area contributed by atoms with Crippen LogP contribution in [-0.4, -0.2) is 26.1 Å². The van der Waals surface area contributed by atoms with E-state index in [0.29, 0.717) is 22.9 Å². The van der Waals surface area contributed by atoms with E-state index < -0.39 is 27.6 Å². The van der Waals surface area contributed by atoms with Gasteiger partial charge in [-0.2, -0.15) is 0 Å². The average Bonchev–Trinajstić information content (AvgIpc) is 2.86. The highest BCUT2D eigenvalue weighted by Gasteiger charge is 2.35. The van der Waals surface area contributed by atoms with Crippen LogP contribution in [0.4, 0.5) is 14.9 Å². The lowest BCUT2D eigenvalue weighted by molar-refractivity contribution is -0.384. The highest BCUT2D eigenvalue weighted by Crippen LogP contribution is 2.34. The predicted molar refractivity (Wildman–Crippen MR) is 92.7 cm³/mol. The van der Waals surface area contributed by atoms with Crippen molar-refractivity contribution in [3.8, 4) is 5.75 Å². The Morgan fingerprint density at radius 1 is 1.23 bits per heavy atom. The fourth-order valence-electron chi connectivity index (χ4n) is 2.36. The Labute approximate surface area is 150 Å². The Balaban J connectivity index is 1.82. The highest BCUT2D eigenvalue weighted by molar-refractivity contribution is 8.18. The number of hydrogen-bond acceptors (Lipinski definition) is 6. The number of hydrogen-bond donors (Lipinski definition) is 1. The van der Waals surface area contributed by atoms with Crippen molar-refractivity contribution in [2.75, 3.05) is 0 Å². The molecule has 132 valence electrons. The molecule has 3 rings (SSSR count). The smallest absolute Gasteiger partial charge is 0.293 e. The van der Waals surface area contributed by atoms with Crippen molar-refractivity contribution < 1.29 is 24.0 Å². The summed E-state index contributed by atoms with van der Waals surface area (Å²) in [5.74, 6) is -1.91. The lowest BCUT2D eigenvalue weighted by Gasteiger charge is -2.12. The van der Waals surface area contributed by atoms with E-state index in [-0.39, 0.29) is 17.1 Å². The first kappa shape index (κ1) is 17.6. The molecule has 7 nitrogen and oxygen atoms in total. The van der Waals surface area contributed by atoms with E-state index in [1.54, 1.807) is 6.07 Å². The van der Waals surface area contributed by atoms with Gasteiger partial charge < -0.3 is 5.11 Å². The number of benzene rings is 2. The second-order valence-corrected chi connectivity index (χ2v) is 6.40. The van der Waals surface area contributed by atoms with Crippen molar-refractivity contribution in [1.82, 2.24) is 4.90 Å². The SMILES string of the molecule is O=C1SC(=Cc2ccc(F)c(O)c2)C(=O)N1Cc1cccc([N+](=O)[O-])c1. The minimum atomic E-state index is -0.791. The summed E-state index contributed by atoms with van der Waals surface area (Å²) in [5.41, 5.74) is 0.679. The zero-order valence-electron chi connectivity index (χ0n) is 13.1. The van der Waals surface area contributed by atoms with Crippen LogP contribution in [0.2, 0.25) is 0 Å². The Hall–Kier alpha value is -3.20. The first-order valence-electron chi connectivity index (χ1n) is 7.32. The van der Waals surface area contributed by atoms with E-state index in [0.717, 1.165) is 17.0 Å². The molecule has 0 radical (unpaired) electrons. The van der Waals surface area contributed by atoms with E-state index in [2.05, 4.69) is 0 Å². The van der Waals surface area contributed by atoms with Gasteiger partial charge in [0, 0.05) is 12.1 Å². The molecule has 0 spiro atoms. The number of aromatic hydroxyl groups is 1. The number of thioether (sulfide) groups is 1. The van der Waals surface area contributed by atoms with Gasteiger partial charge in [-0.05, 0) is 41.1 Å². The highest BCUT2D eigenvalue weighted by atomic mass is 32.2. The van der Waals surface area contributed by atoms with E-state index >= 15 is 0 Å². The predicted octanol–water partition coefficient (Wildman–Crippen LogP) is 3.68. The summed E-state index contributed by atoms with van der Waals surface area (Å²) >= 11 is 0.706. The molecule has 2 aromatic carbocycles. The van der Waals surface area contributed by atoms with Gasteiger partial charge in [0.15, 0.2) is 11.6 Å². The number of halogens is 1. The molecule has 1 aliphatic heterocycles. The third kappa shape index (κ3) is 3.57. The molecule has 2 aromatic rings. The molecule has 0 aliphatic carbocycles. The van der Waals surface area contributed by atoms with Crippen molar-refractivity contribution in [1.29, 1.82) is 0 Å². The Bertz CT molecular complexity index is 960. The normalized spacial score (nSPS) is 15.7. The number of amides is 2. The van der Waals surface area contributed by atoms with Crippen LogP contribution >= 0.6 is 11.8 Å². The van der Waals surface area contributed by atoms with Crippen molar-refractivity contribution in [3.63, 3.8) is 0 Å². The molecule has 1 N–H and O–H groups in total. The first-order chi connectivity index (χ1) is 12.3. The molecule has 1 heterocycles. The molecule has 0 bridgehead atoms. The lowest BCUT2D eigenvalue weighted by Crippen LogP contribution is -2.27. The van der Waals surface area contributed by atoms with Crippen LogP contribution in [0.15, 0.2) is 47.4 Å². The van der Waals surface area contributed by atoms with Gasteiger partial charge in [0.05, 0.1) is 16.4 Å². The summed E-state index contributed by atoms with van der Waals surface area (Å²) < 4.78 is 13.1. The number of nitro benzene ring substituents is 1. The van der Waals surface area contributed by atoms with Gasteiger partial charge in [0.25, 0.3) is 16.8 Å². The van der Waals surface area contributed by atoms with Crippen molar-refractivity contribution >= 4 is 34.7 Å². The van der Waals surface area contributed by atoms with Crippen LogP contribution in [0.25, 0.3) is 6.08 Å². The summed E-state index contributed by atoms with van der Waals surface area (Å²) in [5, 5.41) is 19.7. The molecule has 0 unspecified atom stereocenters. The molecule has 26 heavy (non-hydrogen) atoms. The second kappa shape index (κ2) is 6.96. The van der Waals surface area contributed by atoms with Gasteiger partial charge >= 0.3 is 0 Å². The van der Waals surface area contributed by atoms with Crippen LogP contribution in [-0.2, 0) is 11.3 Å². The number of phenolic OH excluding ortho intramolecular Hbond substituents is 1. The van der Waals surface area contributed by atoms with Crippen molar-refractivity contribution in [3.05, 3.63) is 74.4 Å². The molecular formula is C17H11FN2O5S. The van der Waals surface area contributed by atoms with E-state index in [9.17, 15) is 29.2 Å². The molecule has 1 aliphatic rings. The fourth-order valence-corrected chi connectivity index (χ4v) is 3.20. The number of phenols is 1. The molecular weight excluding hydrogens is 363 g/mol. The average molecular weight is 374 g/mol. The molecule has 1 fully saturated rings. The van der Waals surface area contributed by atoms with E-state index in [1.165, 1.54) is 30.3 Å². The number of nitrogens with zero attached hydrogens (tertiary/aromatic N) is 2. The summed E-state index contributed by atoms with van der Waals surface area (Å²) in [4.78, 5) is 35.9. The molecule has 1 saturated heterocycles. The second-order valence-electron chi connectivity index (χ2n) is 5.41. The Morgan fingerprint density at radius 2 is 2.00 bits per heavy atom. The Kier molecular flexibility index (Phi) is 4.72. The van der Waals surface area contributed by atoms with Gasteiger partial charge in [0.1, 0.15) is 0 Å². The van der Waals surface area contributed by atoms with E-state index in [4.69, 9.17) is 0 Å². The van der Waals surface area contributed by atoms with Gasteiger partial charge in [-0.15, -0.1) is 0 Å². The van der Waals surface area contributed by atoms with Gasteiger partial charge in [-0.3, -0.25) is 24.6 Å². The van der Waals surface area contributed by atoms with Gasteiger partial charge in [-0.1, -0.05) is 18.2 Å². The Morgan fingerprint density at radius 3 is 2.69 bits per heavy atom. The largest absolute Gasteiger partial charge is 0.505 e. The monoisotopic (exact) mass is 374 g/mol. The first-order valence-corrected chi connectivity index (χ1v) is 8.14. The number of carbonyl (C=O) groups excluding carboxylic acids is 2. The minimum Gasteiger partial charge on any atom is -0.505 e. The van der Waals surface area contributed by atoms with Crippen LogP contribution in [0, 0.1) is 15.9 Å². The maximum Gasteiger partial charge on any atom is 0.293 e. The maximum atomic E-state index is 13.1. The maximum absolute atomic E-state index is 13.1. The molecule has 9 heteroatoms. The number of carbonyl (C=O) groups is 2. The molecule has 2 amide bonds. The van der Waals surface area contributed by atoms with E-state index in [1.807, 2.05) is 0 Å². The van der Waals surface area contributed by atoms with Gasteiger partial charge in [0.2, 0.25) is 0 Å². The summed E-state index contributed by atoms with van der Waals surface area (Å²) in [7, 11) is 0. The van der Waals surface area contributed by atoms with Gasteiger partial charge in [-0.25, -0.2) is 4.39 Å². The van der Waals surface area contributed by atoms with Crippen LogP contribution in [0.5, 0.6) is 5.75 Å². The standard InChI is InChI=1S/C17H11FN2O5S/c18-13-5-4-10(7-14(13)21)8-15-16(22)19(17(23)26-15)9-11-2-1-3-12(6-11)20(24)25/h1-8,21H,9H2. The van der Waals surface area contributed by atoms with Crippen LogP contribution in [0.3, 0.4) is 0 Å². The third-order valence-electron chi connectivity index (χ3n) is 3.60. The molecule has 0 saturated carbocycles. The zero-order valence-corrected chi connectivity index (χ0v) is 13.9.